The normalized spacial score (nSPS) is 31.2. The van der Waals surface area contributed by atoms with Crippen LogP contribution in [-0.4, -0.2) is 16.8 Å². The van der Waals surface area contributed by atoms with E-state index in [2.05, 4.69) is 10.2 Å². The largest absolute Gasteiger partial charge is 0.478 e. The molecule has 3 nitrogen and oxygen atoms in total. The molecular weight excluding hydrogens is 188 g/mol. The minimum absolute atomic E-state index is 0.142. The molecule has 1 N–H and O–H groups in total. The Morgan fingerprint density at radius 2 is 2.20 bits per heavy atom. The molecule has 1 aromatic heterocycles. The quantitative estimate of drug-likeness (QED) is 0.821. The van der Waals surface area contributed by atoms with E-state index in [1.807, 2.05) is 0 Å². The molecule has 3 aliphatic carbocycles. The fourth-order valence-electron chi connectivity index (χ4n) is 3.50. The molecule has 0 saturated heterocycles. The third-order valence-electron chi connectivity index (χ3n) is 4.58. The second kappa shape index (κ2) is 2.39. The molecule has 0 radical (unpaired) electrons. The summed E-state index contributed by atoms with van der Waals surface area (Å²) in [5.74, 6) is 0.801. The van der Waals surface area contributed by atoms with Gasteiger partial charge in [0.2, 0.25) is 5.88 Å². The van der Waals surface area contributed by atoms with Crippen molar-refractivity contribution in [2.45, 2.75) is 32.1 Å². The number of aromatic amines is 1. The Morgan fingerprint density at radius 3 is 2.73 bits per heavy atom. The van der Waals surface area contributed by atoms with Crippen molar-refractivity contribution in [2.75, 3.05) is 6.61 Å². The van der Waals surface area contributed by atoms with Gasteiger partial charge in [-0.2, -0.15) is 5.10 Å². The number of aromatic nitrogens is 2. The minimum Gasteiger partial charge on any atom is -0.478 e. The van der Waals surface area contributed by atoms with Gasteiger partial charge in [0.05, 0.1) is 12.8 Å². The van der Waals surface area contributed by atoms with E-state index in [1.165, 1.54) is 25.7 Å². The van der Waals surface area contributed by atoms with E-state index in [0.29, 0.717) is 16.7 Å². The summed E-state index contributed by atoms with van der Waals surface area (Å²) < 4.78 is 22.0. The molecule has 0 amide bonds. The van der Waals surface area contributed by atoms with Crippen LogP contribution in [0, 0.1) is 16.7 Å². The van der Waals surface area contributed by atoms with Gasteiger partial charge in [-0.15, -0.1) is 0 Å². The maximum Gasteiger partial charge on any atom is 0.208 e. The van der Waals surface area contributed by atoms with Crippen molar-refractivity contribution in [2.24, 2.45) is 16.7 Å². The molecule has 1 aromatic rings. The van der Waals surface area contributed by atoms with Crippen molar-refractivity contribution in [3.8, 4) is 5.88 Å². The molecule has 15 heavy (non-hydrogen) atoms. The van der Waals surface area contributed by atoms with Crippen LogP contribution < -0.4 is 4.74 Å². The lowest BCUT2D eigenvalue weighted by Crippen LogP contribution is -2.00. The topological polar surface area (TPSA) is 37.9 Å². The first kappa shape index (κ1) is 6.56. The Labute approximate surface area is 92.0 Å². The maximum absolute atomic E-state index is 8.24. The summed E-state index contributed by atoms with van der Waals surface area (Å²) in [6, 6.07) is 1.72. The lowest BCUT2D eigenvalue weighted by molar-refractivity contribution is 0.284. The van der Waals surface area contributed by atoms with Gasteiger partial charge in [-0.3, -0.25) is 0 Å². The highest BCUT2D eigenvalue weighted by Crippen LogP contribution is 2.93. The molecule has 80 valence electrons. The van der Waals surface area contributed by atoms with E-state index < -0.39 is 6.37 Å². The van der Waals surface area contributed by atoms with Gasteiger partial charge in [-0.1, -0.05) is 0 Å². The lowest BCUT2D eigenvalue weighted by atomic mass is 10.2. The second-order valence-corrected chi connectivity index (χ2v) is 5.16. The summed E-state index contributed by atoms with van der Waals surface area (Å²) in [5, 5.41) is 6.50. The zero-order valence-electron chi connectivity index (χ0n) is 10.6. The fourth-order valence-corrected chi connectivity index (χ4v) is 3.50. The van der Waals surface area contributed by atoms with Crippen molar-refractivity contribution in [3.63, 3.8) is 0 Å². The SMILES string of the molecule is [2H]C([2H])(COc1ccn[nH]1)C1C2(CC2)C12CC2. The molecule has 3 fully saturated rings. The standard InChI is InChI=1S/C12H16N2O/c1-7-13-14-10(1)15-8-2-9-11(3-4-11)12(9)5-6-12/h1,7,9H,2-6,8H2,(H,13,14)/i2D2. The first-order chi connectivity index (χ1) is 8.11. The summed E-state index contributed by atoms with van der Waals surface area (Å²) in [6.07, 6.45) is 5.37. The van der Waals surface area contributed by atoms with E-state index in [1.54, 1.807) is 12.3 Å². The van der Waals surface area contributed by atoms with E-state index in [4.69, 9.17) is 7.48 Å². The summed E-state index contributed by atoms with van der Waals surface area (Å²) in [7, 11) is 0. The van der Waals surface area contributed by atoms with Crippen LogP contribution in [-0.2, 0) is 0 Å². The zero-order chi connectivity index (χ0) is 11.7. The monoisotopic (exact) mass is 206 g/mol. The van der Waals surface area contributed by atoms with Crippen LogP contribution in [0.25, 0.3) is 0 Å². The molecular formula is C12H16N2O. The van der Waals surface area contributed by atoms with Gasteiger partial charge in [0, 0.05) is 8.81 Å². The third kappa shape index (κ3) is 0.938. The minimum atomic E-state index is -1.20. The molecule has 0 bridgehead atoms. The highest BCUT2D eigenvalue weighted by molar-refractivity contribution is 5.34. The Balaban J connectivity index is 1.46. The number of ether oxygens (including phenoxy) is 1. The molecule has 3 aliphatic rings. The molecule has 4 rings (SSSR count). The van der Waals surface area contributed by atoms with Crippen molar-refractivity contribution in [1.82, 2.24) is 10.2 Å². The highest BCUT2D eigenvalue weighted by Gasteiger charge is 2.85. The van der Waals surface area contributed by atoms with Crippen LogP contribution in [0.5, 0.6) is 5.88 Å². The van der Waals surface area contributed by atoms with Gasteiger partial charge in [0.1, 0.15) is 0 Å². The van der Waals surface area contributed by atoms with Gasteiger partial charge >= 0.3 is 0 Å². The van der Waals surface area contributed by atoms with E-state index in [-0.39, 0.29) is 12.5 Å². The average Bonchev–Trinajstić information content (AvgIpc) is 3.24. The predicted octanol–water partition coefficient (Wildman–Crippen LogP) is 2.37. The average molecular weight is 206 g/mol. The number of nitrogens with one attached hydrogen (secondary N) is 1. The predicted molar refractivity (Wildman–Crippen MR) is 55.5 cm³/mol. The first-order valence-electron chi connectivity index (χ1n) is 6.73. The van der Waals surface area contributed by atoms with Gasteiger partial charge in [-0.25, -0.2) is 5.10 Å². The van der Waals surface area contributed by atoms with Crippen LogP contribution in [0.3, 0.4) is 0 Å². The van der Waals surface area contributed by atoms with Gasteiger partial charge in [0.15, 0.2) is 0 Å². The number of nitrogens with zero attached hydrogens (tertiary/aromatic N) is 1. The summed E-state index contributed by atoms with van der Waals surface area (Å²) in [6.45, 7) is 0.142. The van der Waals surface area contributed by atoms with Crippen molar-refractivity contribution in [3.05, 3.63) is 12.3 Å². The Bertz CT molecular complexity index is 431. The number of H-pyrrole nitrogens is 1. The Kier molecular flexibility index (Phi) is 1.05. The van der Waals surface area contributed by atoms with Crippen molar-refractivity contribution < 1.29 is 7.48 Å². The van der Waals surface area contributed by atoms with Gasteiger partial charge in [-0.05, 0) is 48.8 Å². The number of hydrogen-bond donors (Lipinski definition) is 1. The van der Waals surface area contributed by atoms with Crippen molar-refractivity contribution >= 4 is 0 Å². The van der Waals surface area contributed by atoms with E-state index >= 15 is 0 Å². The molecule has 0 atom stereocenters. The Morgan fingerprint density at radius 1 is 1.47 bits per heavy atom. The maximum atomic E-state index is 8.24. The molecule has 3 heteroatoms. The molecule has 0 aliphatic heterocycles. The van der Waals surface area contributed by atoms with Crippen LogP contribution >= 0.6 is 0 Å². The number of fused-ring (bicyclic) bond motifs is 1. The Hall–Kier alpha value is -0.990. The van der Waals surface area contributed by atoms with Crippen LogP contribution in [0.2, 0.25) is 0 Å². The molecule has 0 aromatic carbocycles. The fraction of sp³-hybridized carbons (Fsp3) is 0.750. The van der Waals surface area contributed by atoms with Gasteiger partial charge < -0.3 is 4.74 Å². The van der Waals surface area contributed by atoms with E-state index in [0.717, 1.165) is 0 Å². The summed E-state index contributed by atoms with van der Waals surface area (Å²) >= 11 is 0. The smallest absolute Gasteiger partial charge is 0.208 e. The third-order valence-corrected chi connectivity index (χ3v) is 4.58. The number of rotatable bonds is 4. The summed E-state index contributed by atoms with van der Waals surface area (Å²) in [4.78, 5) is 0. The first-order valence-corrected chi connectivity index (χ1v) is 5.73. The zero-order valence-corrected chi connectivity index (χ0v) is 8.62. The summed E-state index contributed by atoms with van der Waals surface area (Å²) in [5.41, 5.74) is 0.766. The van der Waals surface area contributed by atoms with Crippen LogP contribution in [0.4, 0.5) is 0 Å². The van der Waals surface area contributed by atoms with Crippen LogP contribution in [0.15, 0.2) is 12.3 Å². The van der Waals surface area contributed by atoms with Crippen LogP contribution in [0.1, 0.15) is 34.8 Å². The molecule has 3 saturated carbocycles. The van der Waals surface area contributed by atoms with Crippen molar-refractivity contribution in [1.29, 1.82) is 0 Å². The highest BCUT2D eigenvalue weighted by atomic mass is 16.5. The second-order valence-electron chi connectivity index (χ2n) is 5.16. The molecule has 1 heterocycles. The molecule has 0 unspecified atom stereocenters. The van der Waals surface area contributed by atoms with E-state index in [9.17, 15) is 0 Å². The lowest BCUT2D eigenvalue weighted by Gasteiger charge is -2.01. The number of hydrogen-bond acceptors (Lipinski definition) is 2. The van der Waals surface area contributed by atoms with Gasteiger partial charge in [0.25, 0.3) is 0 Å². The molecule has 2 spiro atoms.